The maximum atomic E-state index is 14.3. The van der Waals surface area contributed by atoms with Gasteiger partial charge in [-0.3, -0.25) is 4.98 Å². The minimum atomic E-state index is -0.976. The first-order valence-corrected chi connectivity index (χ1v) is 10.8. The molecule has 172 valence electrons. The smallest absolute Gasteiger partial charge is 0.340 e. The van der Waals surface area contributed by atoms with E-state index in [4.69, 9.17) is 4.74 Å². The van der Waals surface area contributed by atoms with Crippen molar-refractivity contribution >= 4 is 17.5 Å². The Labute approximate surface area is 190 Å². The van der Waals surface area contributed by atoms with E-state index in [2.05, 4.69) is 25.8 Å². The molecule has 0 spiro atoms. The van der Waals surface area contributed by atoms with Crippen LogP contribution in [0, 0.1) is 5.82 Å². The number of hydrogen-bond acceptors (Lipinski definition) is 7. The normalized spacial score (nSPS) is 19.5. The summed E-state index contributed by atoms with van der Waals surface area (Å²) in [6.45, 7) is 2.32. The molecule has 0 atom stereocenters. The number of esters is 1. The number of nitrogens with one attached hydrogen (secondary N) is 2. The van der Waals surface area contributed by atoms with Gasteiger partial charge in [0.2, 0.25) is 0 Å². The molecule has 33 heavy (non-hydrogen) atoms. The number of rotatable bonds is 8. The fourth-order valence-electron chi connectivity index (χ4n) is 4.13. The molecule has 3 aromatic rings. The van der Waals surface area contributed by atoms with Crippen LogP contribution in [-0.4, -0.2) is 47.5 Å². The summed E-state index contributed by atoms with van der Waals surface area (Å²) < 4.78 is 33.2. The van der Waals surface area contributed by atoms with Crippen LogP contribution in [-0.2, 0) is 10.2 Å². The number of nitrogens with zero attached hydrogens (tertiary/aromatic N) is 3. The highest BCUT2D eigenvalue weighted by Gasteiger charge is 2.48. The number of carbonyl (C=O) groups is 1. The zero-order chi connectivity index (χ0) is 23.4. The lowest BCUT2D eigenvalue weighted by atomic mass is 9.65. The fourth-order valence-corrected chi connectivity index (χ4v) is 4.13. The molecule has 1 aromatic carbocycles. The predicted molar refractivity (Wildman–Crippen MR) is 121 cm³/mol. The Morgan fingerprint density at radius 3 is 2.67 bits per heavy atom. The minimum absolute atomic E-state index is 0.202. The van der Waals surface area contributed by atoms with Gasteiger partial charge in [0.1, 0.15) is 17.8 Å². The monoisotopic (exact) mass is 453 g/mol. The lowest BCUT2D eigenvalue weighted by molar-refractivity contribution is 0.0527. The second kappa shape index (κ2) is 9.48. The van der Waals surface area contributed by atoms with Gasteiger partial charge >= 0.3 is 5.97 Å². The summed E-state index contributed by atoms with van der Waals surface area (Å²) in [5.41, 5.74) is 1.90. The van der Waals surface area contributed by atoms with Gasteiger partial charge in [0.05, 0.1) is 23.6 Å². The van der Waals surface area contributed by atoms with Crippen molar-refractivity contribution in [3.05, 3.63) is 65.7 Å². The van der Waals surface area contributed by atoms with Crippen molar-refractivity contribution in [2.75, 3.05) is 30.8 Å². The third-order valence-electron chi connectivity index (χ3n) is 5.84. The molecular formula is C24H25F2N5O2. The van der Waals surface area contributed by atoms with Crippen LogP contribution >= 0.6 is 0 Å². The molecule has 1 aliphatic carbocycles. The number of hydrogen-bond donors (Lipinski definition) is 2. The fraction of sp³-hybridized carbons (Fsp3) is 0.333. The Kier molecular flexibility index (Phi) is 6.48. The van der Waals surface area contributed by atoms with Crippen molar-refractivity contribution < 1.29 is 18.3 Å². The van der Waals surface area contributed by atoms with Crippen molar-refractivity contribution in [1.82, 2.24) is 15.2 Å². The Balaban J connectivity index is 1.50. The summed E-state index contributed by atoms with van der Waals surface area (Å²) in [4.78, 5) is 16.4. The van der Waals surface area contributed by atoms with Gasteiger partial charge < -0.3 is 15.4 Å². The van der Waals surface area contributed by atoms with Gasteiger partial charge in [0, 0.05) is 36.5 Å². The van der Waals surface area contributed by atoms with E-state index in [1.165, 1.54) is 18.3 Å². The first-order chi connectivity index (χ1) is 16.0. The van der Waals surface area contributed by atoms with Crippen LogP contribution in [0.4, 0.5) is 20.3 Å². The molecule has 0 saturated heterocycles. The van der Waals surface area contributed by atoms with Crippen molar-refractivity contribution in [3.63, 3.8) is 0 Å². The maximum absolute atomic E-state index is 14.3. The zero-order valence-corrected chi connectivity index (χ0v) is 18.4. The summed E-state index contributed by atoms with van der Waals surface area (Å²) in [5.74, 6) is -0.377. The van der Waals surface area contributed by atoms with E-state index >= 15 is 0 Å². The lowest BCUT2D eigenvalue weighted by Crippen LogP contribution is -2.49. The van der Waals surface area contributed by atoms with Gasteiger partial charge in [0.15, 0.2) is 0 Å². The number of anilines is 2. The van der Waals surface area contributed by atoms with Gasteiger partial charge in [-0.1, -0.05) is 6.07 Å². The van der Waals surface area contributed by atoms with E-state index in [1.807, 2.05) is 6.07 Å². The molecule has 0 radical (unpaired) electrons. The van der Waals surface area contributed by atoms with Gasteiger partial charge in [-0.05, 0) is 56.2 Å². The summed E-state index contributed by atoms with van der Waals surface area (Å²) in [6, 6.07) is 11.7. The predicted octanol–water partition coefficient (Wildman–Crippen LogP) is 4.38. The number of aromatic nitrogens is 3. The number of carbonyl (C=O) groups excluding carboxylic acids is 1. The first kappa shape index (κ1) is 22.6. The second-order valence-corrected chi connectivity index (χ2v) is 8.01. The number of pyridine rings is 1. The van der Waals surface area contributed by atoms with Crippen molar-refractivity contribution in [1.29, 1.82) is 0 Å². The van der Waals surface area contributed by atoms with Crippen LogP contribution < -0.4 is 10.6 Å². The number of ether oxygens (including phenoxy) is 1. The Hall–Kier alpha value is -3.62. The van der Waals surface area contributed by atoms with Crippen LogP contribution in [0.3, 0.4) is 0 Å². The minimum Gasteiger partial charge on any atom is -0.462 e. The quantitative estimate of drug-likeness (QED) is 0.490. The van der Waals surface area contributed by atoms with Crippen molar-refractivity contribution in [3.8, 4) is 11.3 Å². The molecule has 4 rings (SSSR count). The van der Waals surface area contributed by atoms with E-state index in [0.29, 0.717) is 34.9 Å². The van der Waals surface area contributed by atoms with Crippen molar-refractivity contribution in [2.24, 2.45) is 0 Å². The first-order valence-electron chi connectivity index (χ1n) is 10.8. The van der Waals surface area contributed by atoms with Crippen LogP contribution in [0.25, 0.3) is 11.3 Å². The molecule has 0 amide bonds. The summed E-state index contributed by atoms with van der Waals surface area (Å²) in [7, 11) is 1.73. The maximum Gasteiger partial charge on any atom is 0.340 e. The number of halogens is 2. The molecule has 0 aliphatic heterocycles. The Bertz CT molecular complexity index is 1130. The van der Waals surface area contributed by atoms with Gasteiger partial charge in [0.25, 0.3) is 0 Å². The number of alkyl halides is 1. The standard InChI is InChI=1S/C24H25F2N5O2/c1-3-33-23(32)17-11-15(6-7-20(17)27-2)19-8-9-21(31-30-19)29-14-24(12-16(25)13-24)22-18(26)5-4-10-28-22/h4-11,16,27H,3,12-14H2,1-2H3,(H,29,31)/t16-,24-. The van der Waals surface area contributed by atoms with E-state index in [-0.39, 0.29) is 25.1 Å². The molecule has 1 saturated carbocycles. The molecular weight excluding hydrogens is 428 g/mol. The average Bonchev–Trinajstić information content (AvgIpc) is 2.81. The average molecular weight is 453 g/mol. The molecule has 1 aliphatic rings. The second-order valence-electron chi connectivity index (χ2n) is 8.01. The SMILES string of the molecule is CCOC(=O)c1cc(-c2ccc(NC[C@]3(c4ncccc4F)C[C@H](F)C3)nn2)ccc1NC. The van der Waals surface area contributed by atoms with E-state index in [1.54, 1.807) is 38.2 Å². The molecule has 1 fully saturated rings. The summed E-state index contributed by atoms with van der Waals surface area (Å²) in [6.07, 6.45) is 0.947. The van der Waals surface area contributed by atoms with Crippen LogP contribution in [0.5, 0.6) is 0 Å². The lowest BCUT2D eigenvalue weighted by Gasteiger charge is -2.44. The highest BCUT2D eigenvalue weighted by Crippen LogP contribution is 2.45. The third kappa shape index (κ3) is 4.62. The molecule has 9 heteroatoms. The van der Waals surface area contributed by atoms with E-state index in [9.17, 15) is 13.6 Å². The molecule has 2 heterocycles. The van der Waals surface area contributed by atoms with Crippen LogP contribution in [0.2, 0.25) is 0 Å². The highest BCUT2D eigenvalue weighted by atomic mass is 19.1. The topological polar surface area (TPSA) is 89.0 Å². The Morgan fingerprint density at radius 2 is 2.03 bits per heavy atom. The zero-order valence-electron chi connectivity index (χ0n) is 18.4. The molecule has 0 bridgehead atoms. The molecule has 0 unspecified atom stereocenters. The van der Waals surface area contributed by atoms with Crippen LogP contribution in [0.15, 0.2) is 48.7 Å². The van der Waals surface area contributed by atoms with Gasteiger partial charge in [-0.25, -0.2) is 13.6 Å². The third-order valence-corrected chi connectivity index (χ3v) is 5.84. The highest BCUT2D eigenvalue weighted by molar-refractivity contribution is 5.97. The van der Waals surface area contributed by atoms with E-state index in [0.717, 1.165) is 0 Å². The Morgan fingerprint density at radius 1 is 1.21 bits per heavy atom. The van der Waals surface area contributed by atoms with Gasteiger partial charge in [-0.15, -0.1) is 10.2 Å². The van der Waals surface area contributed by atoms with E-state index < -0.39 is 23.4 Å². The van der Waals surface area contributed by atoms with Crippen LogP contribution in [0.1, 0.15) is 35.8 Å². The summed E-state index contributed by atoms with van der Waals surface area (Å²) in [5, 5.41) is 14.6. The van der Waals surface area contributed by atoms with Gasteiger partial charge in [-0.2, -0.15) is 0 Å². The van der Waals surface area contributed by atoms with Crippen molar-refractivity contribution in [2.45, 2.75) is 31.4 Å². The largest absolute Gasteiger partial charge is 0.462 e. The summed E-state index contributed by atoms with van der Waals surface area (Å²) >= 11 is 0. The molecule has 2 aromatic heterocycles. The number of benzene rings is 1. The molecule has 2 N–H and O–H groups in total. The molecule has 7 nitrogen and oxygen atoms in total.